The topological polar surface area (TPSA) is 111 Å². The van der Waals surface area contributed by atoms with Gasteiger partial charge in [-0.05, 0) is 39.7 Å². The summed E-state index contributed by atoms with van der Waals surface area (Å²) in [5, 5.41) is 2.64. The van der Waals surface area contributed by atoms with Crippen LogP contribution in [0.4, 0.5) is 4.79 Å². The highest BCUT2D eigenvalue weighted by Crippen LogP contribution is 2.42. The highest BCUT2D eigenvalue weighted by molar-refractivity contribution is 5.70. The molecule has 0 bridgehead atoms. The second-order valence-electron chi connectivity index (χ2n) is 9.48. The van der Waals surface area contributed by atoms with E-state index < -0.39 is 54.3 Å². The van der Waals surface area contributed by atoms with Gasteiger partial charge in [-0.3, -0.25) is 4.79 Å². The van der Waals surface area contributed by atoms with Gasteiger partial charge in [0, 0.05) is 13.0 Å². The van der Waals surface area contributed by atoms with Gasteiger partial charge in [0.2, 0.25) is 0 Å². The SMILES string of the molecule is CC1(C)O[C@@H]2O[C@@H]([C@@H]3COC(C)(C)O3)[C@@H](OC(=O)CCCNC(=O)OCc3ccccc3)[C@H]2O1. The normalized spacial score (nSPS) is 31.1. The quantitative estimate of drug-likeness (QED) is 0.444. The van der Waals surface area contributed by atoms with Gasteiger partial charge in [-0.1, -0.05) is 30.3 Å². The summed E-state index contributed by atoms with van der Waals surface area (Å²) >= 11 is 0. The number of rotatable bonds is 8. The van der Waals surface area contributed by atoms with Crippen LogP contribution >= 0.6 is 0 Å². The Labute approximate surface area is 199 Å². The molecule has 10 nitrogen and oxygen atoms in total. The number of esters is 1. The summed E-state index contributed by atoms with van der Waals surface area (Å²) in [4.78, 5) is 24.4. The average Bonchev–Trinajstić information content (AvgIpc) is 3.40. The molecule has 1 aromatic carbocycles. The third kappa shape index (κ3) is 6.25. The minimum absolute atomic E-state index is 0.108. The van der Waals surface area contributed by atoms with Crippen molar-refractivity contribution in [3.8, 4) is 0 Å². The van der Waals surface area contributed by atoms with E-state index in [-0.39, 0.29) is 19.6 Å². The Morgan fingerprint density at radius 1 is 1.03 bits per heavy atom. The second kappa shape index (κ2) is 10.2. The molecule has 5 atom stereocenters. The lowest BCUT2D eigenvalue weighted by Gasteiger charge is -2.28. The van der Waals surface area contributed by atoms with Crippen LogP contribution in [-0.2, 0) is 44.6 Å². The predicted molar refractivity (Wildman–Crippen MR) is 117 cm³/mol. The van der Waals surface area contributed by atoms with Crippen LogP contribution in [0.3, 0.4) is 0 Å². The summed E-state index contributed by atoms with van der Waals surface area (Å²) in [6, 6.07) is 9.39. The summed E-state index contributed by atoms with van der Waals surface area (Å²) in [5.74, 6) is -2.02. The fourth-order valence-corrected chi connectivity index (χ4v) is 4.22. The van der Waals surface area contributed by atoms with Crippen molar-refractivity contribution in [2.45, 2.75) is 89.4 Å². The summed E-state index contributed by atoms with van der Waals surface area (Å²) < 4.78 is 40.3. The number of nitrogens with one attached hydrogen (secondary N) is 1. The van der Waals surface area contributed by atoms with Gasteiger partial charge in [-0.2, -0.15) is 0 Å². The van der Waals surface area contributed by atoms with E-state index in [0.717, 1.165) is 5.56 Å². The number of ether oxygens (including phenoxy) is 7. The number of hydrogen-bond acceptors (Lipinski definition) is 9. The van der Waals surface area contributed by atoms with Crippen molar-refractivity contribution < 1.29 is 42.7 Å². The van der Waals surface area contributed by atoms with Crippen LogP contribution in [0.5, 0.6) is 0 Å². The third-order valence-electron chi connectivity index (χ3n) is 5.73. The monoisotopic (exact) mass is 479 g/mol. The molecule has 0 spiro atoms. The van der Waals surface area contributed by atoms with Crippen molar-refractivity contribution in [1.82, 2.24) is 5.32 Å². The number of alkyl carbamates (subject to hydrolysis) is 1. The Morgan fingerprint density at radius 3 is 2.50 bits per heavy atom. The van der Waals surface area contributed by atoms with Crippen molar-refractivity contribution >= 4 is 12.1 Å². The maximum atomic E-state index is 12.6. The van der Waals surface area contributed by atoms with Gasteiger partial charge in [0.05, 0.1) is 6.61 Å². The number of carbonyl (C=O) groups is 2. The van der Waals surface area contributed by atoms with E-state index in [1.165, 1.54) is 0 Å². The molecular formula is C24H33NO9. The van der Waals surface area contributed by atoms with Crippen molar-refractivity contribution in [1.29, 1.82) is 0 Å². The number of fused-ring (bicyclic) bond motifs is 1. The van der Waals surface area contributed by atoms with Crippen LogP contribution in [0.1, 0.15) is 46.1 Å². The lowest BCUT2D eigenvalue weighted by Crippen LogP contribution is -2.45. The average molecular weight is 480 g/mol. The first-order valence-corrected chi connectivity index (χ1v) is 11.6. The zero-order valence-corrected chi connectivity index (χ0v) is 20.0. The second-order valence-corrected chi connectivity index (χ2v) is 9.48. The number of carbonyl (C=O) groups excluding carboxylic acids is 2. The minimum atomic E-state index is -0.846. The Bertz CT molecular complexity index is 859. The maximum Gasteiger partial charge on any atom is 0.407 e. The highest BCUT2D eigenvalue weighted by atomic mass is 16.8. The smallest absolute Gasteiger partial charge is 0.407 e. The fraction of sp³-hybridized carbons (Fsp3) is 0.667. The molecule has 3 heterocycles. The first-order valence-electron chi connectivity index (χ1n) is 11.6. The molecule has 1 aromatic rings. The molecule has 10 heteroatoms. The van der Waals surface area contributed by atoms with Crippen LogP contribution in [-0.4, -0.2) is 67.5 Å². The minimum Gasteiger partial charge on any atom is -0.456 e. The molecule has 3 saturated heterocycles. The van der Waals surface area contributed by atoms with E-state index in [2.05, 4.69) is 5.32 Å². The van der Waals surface area contributed by atoms with Crippen LogP contribution in [0, 0.1) is 0 Å². The molecule has 0 saturated carbocycles. The van der Waals surface area contributed by atoms with E-state index in [0.29, 0.717) is 13.0 Å². The first-order chi connectivity index (χ1) is 16.1. The summed E-state index contributed by atoms with van der Waals surface area (Å²) in [5.41, 5.74) is 0.897. The molecule has 34 heavy (non-hydrogen) atoms. The van der Waals surface area contributed by atoms with Crippen LogP contribution in [0.25, 0.3) is 0 Å². The first kappa shape index (κ1) is 24.9. The molecular weight excluding hydrogens is 446 g/mol. The summed E-state index contributed by atoms with van der Waals surface area (Å²) in [7, 11) is 0. The zero-order valence-electron chi connectivity index (χ0n) is 20.0. The number of hydrogen-bond donors (Lipinski definition) is 1. The molecule has 188 valence electrons. The Kier molecular flexibility index (Phi) is 7.44. The molecule has 0 aliphatic carbocycles. The third-order valence-corrected chi connectivity index (χ3v) is 5.73. The highest BCUT2D eigenvalue weighted by Gasteiger charge is 2.59. The lowest BCUT2D eigenvalue weighted by molar-refractivity contribution is -0.235. The van der Waals surface area contributed by atoms with Gasteiger partial charge in [0.1, 0.15) is 18.8 Å². The molecule has 3 aliphatic rings. The molecule has 3 fully saturated rings. The van der Waals surface area contributed by atoms with Gasteiger partial charge >= 0.3 is 12.1 Å². The van der Waals surface area contributed by atoms with Crippen molar-refractivity contribution in [2.75, 3.05) is 13.2 Å². The Morgan fingerprint density at radius 2 is 1.79 bits per heavy atom. The van der Waals surface area contributed by atoms with Gasteiger partial charge < -0.3 is 38.5 Å². The number of amides is 1. The van der Waals surface area contributed by atoms with Crippen molar-refractivity contribution in [2.24, 2.45) is 0 Å². The molecule has 4 rings (SSSR count). The van der Waals surface area contributed by atoms with Gasteiger partial charge in [-0.15, -0.1) is 0 Å². The van der Waals surface area contributed by atoms with E-state index in [1.54, 1.807) is 13.8 Å². The molecule has 1 amide bonds. The summed E-state index contributed by atoms with van der Waals surface area (Å²) in [6.07, 6.45) is -2.97. The standard InChI is InChI=1S/C24H33NO9/c1-23(2)29-14-16(32-23)18-19(20-21(31-18)34-24(3,4)33-20)30-17(26)11-8-12-25-22(27)28-13-15-9-6-5-7-10-15/h5-7,9-10,16,18-21H,8,11-14H2,1-4H3,(H,25,27)/t16-,18-,19+,20+,21-/m0/s1. The fourth-order valence-electron chi connectivity index (χ4n) is 4.22. The van der Waals surface area contributed by atoms with Crippen LogP contribution < -0.4 is 5.32 Å². The van der Waals surface area contributed by atoms with E-state index in [4.69, 9.17) is 33.2 Å². The van der Waals surface area contributed by atoms with Gasteiger partial charge in [0.25, 0.3) is 0 Å². The van der Waals surface area contributed by atoms with Crippen molar-refractivity contribution in [3.63, 3.8) is 0 Å². The predicted octanol–water partition coefficient (Wildman–Crippen LogP) is 2.63. The number of benzene rings is 1. The largest absolute Gasteiger partial charge is 0.456 e. The lowest BCUT2D eigenvalue weighted by atomic mass is 10.1. The Hall–Kier alpha value is -2.24. The maximum absolute atomic E-state index is 12.6. The van der Waals surface area contributed by atoms with Gasteiger partial charge in [-0.25, -0.2) is 4.79 Å². The van der Waals surface area contributed by atoms with Gasteiger partial charge in [0.15, 0.2) is 30.1 Å². The molecule has 0 radical (unpaired) electrons. The van der Waals surface area contributed by atoms with Crippen LogP contribution in [0.2, 0.25) is 0 Å². The molecule has 0 unspecified atom stereocenters. The molecule has 3 aliphatic heterocycles. The molecule has 1 N–H and O–H groups in total. The van der Waals surface area contributed by atoms with E-state index in [9.17, 15) is 9.59 Å². The zero-order chi connectivity index (χ0) is 24.3. The summed E-state index contributed by atoms with van der Waals surface area (Å²) in [6.45, 7) is 7.97. The molecule has 0 aromatic heterocycles. The van der Waals surface area contributed by atoms with E-state index in [1.807, 2.05) is 44.2 Å². The van der Waals surface area contributed by atoms with Crippen LogP contribution in [0.15, 0.2) is 30.3 Å². The Balaban J connectivity index is 1.23. The van der Waals surface area contributed by atoms with E-state index >= 15 is 0 Å². The van der Waals surface area contributed by atoms with Crippen molar-refractivity contribution in [3.05, 3.63) is 35.9 Å².